The van der Waals surface area contributed by atoms with E-state index in [4.69, 9.17) is 0 Å². The SMILES string of the molecule is Cc1cc(C)c2[nH]ccc2c1C[C@@H]1CCN(CC(F)(F)F)C[C@H]1c1cnn(C)c1. The fraction of sp³-hybridized carbons (Fsp3) is 0.500. The standard InChI is InChI=1S/C22H27F3N4/c1-14-8-15(2)21-18(4-6-26-21)19(14)9-16-5-7-29(13-22(23,24)25)12-20(16)17-10-27-28(3)11-17/h4,6,8,10-11,16,20,26H,5,7,9,12-13H2,1-3H3/t16-,20+/m0/s1. The van der Waals surface area contributed by atoms with Crippen LogP contribution in [0.1, 0.15) is 34.6 Å². The first kappa shape index (κ1) is 20.0. The van der Waals surface area contributed by atoms with Crippen LogP contribution in [0.4, 0.5) is 13.2 Å². The van der Waals surface area contributed by atoms with Crippen molar-refractivity contribution < 1.29 is 13.2 Å². The quantitative estimate of drug-likeness (QED) is 0.683. The van der Waals surface area contributed by atoms with Gasteiger partial charge in [-0.1, -0.05) is 6.07 Å². The molecule has 0 amide bonds. The highest BCUT2D eigenvalue weighted by atomic mass is 19.4. The number of piperidine rings is 1. The number of likely N-dealkylation sites (tertiary alicyclic amines) is 1. The van der Waals surface area contributed by atoms with E-state index in [1.807, 2.05) is 25.6 Å². The van der Waals surface area contributed by atoms with Crippen molar-refractivity contribution in [3.05, 3.63) is 53.0 Å². The Hall–Kier alpha value is -2.28. The Morgan fingerprint density at radius 1 is 1.24 bits per heavy atom. The number of aromatic nitrogens is 3. The average molecular weight is 404 g/mol. The van der Waals surface area contributed by atoms with E-state index in [9.17, 15) is 13.2 Å². The van der Waals surface area contributed by atoms with Crippen LogP contribution in [-0.2, 0) is 13.5 Å². The van der Waals surface area contributed by atoms with Crippen LogP contribution in [0, 0.1) is 19.8 Å². The zero-order valence-corrected chi connectivity index (χ0v) is 17.1. The second-order valence-corrected chi connectivity index (χ2v) is 8.41. The molecule has 156 valence electrons. The molecule has 0 radical (unpaired) electrons. The van der Waals surface area contributed by atoms with Crippen molar-refractivity contribution in [1.82, 2.24) is 19.7 Å². The molecule has 1 N–H and O–H groups in total. The highest BCUT2D eigenvalue weighted by Crippen LogP contribution is 2.38. The minimum atomic E-state index is -4.17. The van der Waals surface area contributed by atoms with Crippen LogP contribution in [0.3, 0.4) is 0 Å². The lowest BCUT2D eigenvalue weighted by atomic mass is 9.77. The first-order valence-corrected chi connectivity index (χ1v) is 10.0. The summed E-state index contributed by atoms with van der Waals surface area (Å²) in [5, 5.41) is 5.50. The van der Waals surface area contributed by atoms with Gasteiger partial charge in [0.1, 0.15) is 0 Å². The molecule has 3 aromatic rings. The Kier molecular flexibility index (Phi) is 5.19. The van der Waals surface area contributed by atoms with Gasteiger partial charge in [-0.15, -0.1) is 0 Å². The molecular formula is C22H27F3N4. The van der Waals surface area contributed by atoms with Gasteiger partial charge in [0, 0.05) is 42.8 Å². The second kappa shape index (κ2) is 7.52. The molecule has 0 spiro atoms. The van der Waals surface area contributed by atoms with Gasteiger partial charge in [-0.3, -0.25) is 9.58 Å². The van der Waals surface area contributed by atoms with Crippen LogP contribution in [0.2, 0.25) is 0 Å². The van der Waals surface area contributed by atoms with Crippen molar-refractivity contribution in [3.8, 4) is 0 Å². The Bertz CT molecular complexity index is 1000. The highest BCUT2D eigenvalue weighted by Gasteiger charge is 2.37. The molecular weight excluding hydrogens is 377 g/mol. The predicted molar refractivity (Wildman–Crippen MR) is 108 cm³/mol. The van der Waals surface area contributed by atoms with Crippen molar-refractivity contribution in [2.24, 2.45) is 13.0 Å². The molecule has 0 saturated carbocycles. The van der Waals surface area contributed by atoms with E-state index < -0.39 is 12.7 Å². The number of benzene rings is 1. The largest absolute Gasteiger partial charge is 0.401 e. The Balaban J connectivity index is 1.64. The average Bonchev–Trinajstić information content (AvgIpc) is 3.27. The van der Waals surface area contributed by atoms with Gasteiger partial charge >= 0.3 is 6.18 Å². The minimum absolute atomic E-state index is 0.0366. The summed E-state index contributed by atoms with van der Waals surface area (Å²) in [5.74, 6) is 0.317. The minimum Gasteiger partial charge on any atom is -0.361 e. The van der Waals surface area contributed by atoms with Gasteiger partial charge in [0.05, 0.1) is 12.7 Å². The number of aromatic amines is 1. The summed E-state index contributed by atoms with van der Waals surface area (Å²) < 4.78 is 40.7. The first-order chi connectivity index (χ1) is 13.7. The maximum atomic E-state index is 13.0. The lowest BCUT2D eigenvalue weighted by Crippen LogP contribution is -2.44. The van der Waals surface area contributed by atoms with Crippen LogP contribution in [0.15, 0.2) is 30.7 Å². The van der Waals surface area contributed by atoms with E-state index in [0.29, 0.717) is 13.1 Å². The number of hydrogen-bond donors (Lipinski definition) is 1. The molecule has 29 heavy (non-hydrogen) atoms. The number of fused-ring (bicyclic) bond motifs is 1. The molecule has 1 fully saturated rings. The highest BCUT2D eigenvalue weighted by molar-refractivity contribution is 5.87. The Labute approximate surface area is 168 Å². The van der Waals surface area contributed by atoms with Gasteiger partial charge in [0.25, 0.3) is 0 Å². The molecule has 0 bridgehead atoms. The Morgan fingerprint density at radius 3 is 2.72 bits per heavy atom. The summed E-state index contributed by atoms with van der Waals surface area (Å²) in [6, 6.07) is 4.31. The smallest absolute Gasteiger partial charge is 0.361 e. The van der Waals surface area contributed by atoms with E-state index >= 15 is 0 Å². The maximum Gasteiger partial charge on any atom is 0.401 e. The van der Waals surface area contributed by atoms with Crippen LogP contribution in [-0.4, -0.2) is 45.5 Å². The number of nitrogens with one attached hydrogen (secondary N) is 1. The third kappa shape index (κ3) is 4.20. The van der Waals surface area contributed by atoms with Crippen molar-refractivity contribution in [2.75, 3.05) is 19.6 Å². The summed E-state index contributed by atoms with van der Waals surface area (Å²) in [4.78, 5) is 4.87. The summed E-state index contributed by atoms with van der Waals surface area (Å²) >= 11 is 0. The zero-order valence-electron chi connectivity index (χ0n) is 17.1. The van der Waals surface area contributed by atoms with Crippen LogP contribution in [0.25, 0.3) is 10.9 Å². The van der Waals surface area contributed by atoms with Crippen LogP contribution < -0.4 is 0 Å². The molecule has 3 heterocycles. The van der Waals surface area contributed by atoms with E-state index in [-0.39, 0.29) is 11.8 Å². The number of halogens is 3. The summed E-state index contributed by atoms with van der Waals surface area (Å²) in [7, 11) is 1.85. The summed E-state index contributed by atoms with van der Waals surface area (Å²) in [5.41, 5.74) is 5.94. The van der Waals surface area contributed by atoms with Gasteiger partial charge in [-0.2, -0.15) is 18.3 Å². The molecule has 1 saturated heterocycles. The Morgan fingerprint density at radius 2 is 2.03 bits per heavy atom. The van der Waals surface area contributed by atoms with Crippen molar-refractivity contribution in [3.63, 3.8) is 0 Å². The van der Waals surface area contributed by atoms with Crippen molar-refractivity contribution >= 4 is 10.9 Å². The lowest BCUT2D eigenvalue weighted by Gasteiger charge is -2.39. The summed E-state index contributed by atoms with van der Waals surface area (Å²) in [6.07, 6.45) is 3.16. The molecule has 2 aromatic heterocycles. The lowest BCUT2D eigenvalue weighted by molar-refractivity contribution is -0.149. The van der Waals surface area contributed by atoms with Gasteiger partial charge in [-0.05, 0) is 67.5 Å². The van der Waals surface area contributed by atoms with E-state index in [1.54, 1.807) is 9.58 Å². The van der Waals surface area contributed by atoms with Crippen LogP contribution >= 0.6 is 0 Å². The van der Waals surface area contributed by atoms with Crippen LogP contribution in [0.5, 0.6) is 0 Å². The molecule has 7 heteroatoms. The topological polar surface area (TPSA) is 36.9 Å². The second-order valence-electron chi connectivity index (χ2n) is 8.41. The fourth-order valence-corrected chi connectivity index (χ4v) is 4.90. The van der Waals surface area contributed by atoms with Gasteiger partial charge in [-0.25, -0.2) is 0 Å². The van der Waals surface area contributed by atoms with E-state index in [2.05, 4.69) is 36.1 Å². The number of H-pyrrole nitrogens is 1. The molecule has 0 aliphatic carbocycles. The fourth-order valence-electron chi connectivity index (χ4n) is 4.90. The monoisotopic (exact) mass is 404 g/mol. The van der Waals surface area contributed by atoms with Gasteiger partial charge < -0.3 is 4.98 Å². The number of nitrogens with zero attached hydrogens (tertiary/aromatic N) is 3. The molecule has 0 unspecified atom stereocenters. The van der Waals surface area contributed by atoms with Crippen molar-refractivity contribution in [1.29, 1.82) is 0 Å². The zero-order chi connectivity index (χ0) is 20.8. The molecule has 1 aliphatic heterocycles. The third-order valence-electron chi connectivity index (χ3n) is 6.24. The molecule has 4 nitrogen and oxygen atoms in total. The van der Waals surface area contributed by atoms with E-state index in [0.717, 1.165) is 23.9 Å². The normalized spacial score (nSPS) is 21.2. The predicted octanol–water partition coefficient (Wildman–Crippen LogP) is 4.73. The first-order valence-electron chi connectivity index (χ1n) is 10.0. The maximum absolute atomic E-state index is 13.0. The number of hydrogen-bond acceptors (Lipinski definition) is 2. The summed E-state index contributed by atoms with van der Waals surface area (Å²) in [6.45, 7) is 4.28. The molecule has 1 aliphatic rings. The van der Waals surface area contributed by atoms with Gasteiger partial charge in [0.15, 0.2) is 0 Å². The molecule has 1 aromatic carbocycles. The number of alkyl halides is 3. The van der Waals surface area contributed by atoms with Crippen molar-refractivity contribution in [2.45, 2.75) is 38.8 Å². The third-order valence-corrected chi connectivity index (χ3v) is 6.24. The molecule has 2 atom stereocenters. The number of rotatable bonds is 4. The molecule has 4 rings (SSSR count). The number of aryl methyl sites for hydroxylation is 3. The van der Waals surface area contributed by atoms with Gasteiger partial charge in [0.2, 0.25) is 0 Å². The van der Waals surface area contributed by atoms with E-state index in [1.165, 1.54) is 22.1 Å².